The molecule has 1 heterocycles. The molecule has 0 aromatic heterocycles. The minimum Gasteiger partial charge on any atom is -0.394 e. The second-order valence-corrected chi connectivity index (χ2v) is 4.22. The van der Waals surface area contributed by atoms with Gasteiger partial charge in [0, 0.05) is 12.2 Å². The first-order valence-electron chi connectivity index (χ1n) is 5.66. The summed E-state index contributed by atoms with van der Waals surface area (Å²) in [4.78, 5) is 22.6. The Bertz CT molecular complexity index is 487. The fraction of sp³-hybridized carbons (Fsp3) is 0.333. The average Bonchev–Trinajstić information content (AvgIpc) is 2.74. The first-order chi connectivity index (χ1) is 8.60. The quantitative estimate of drug-likeness (QED) is 0.556. The predicted octanol–water partition coefficient (Wildman–Crippen LogP) is -0.883. The van der Waals surface area contributed by atoms with Crippen molar-refractivity contribution in [2.75, 3.05) is 11.9 Å². The van der Waals surface area contributed by atoms with E-state index in [1.54, 1.807) is 0 Å². The minimum atomic E-state index is -0.900. The number of fused-ring (bicyclic) bond motifs is 1. The van der Waals surface area contributed by atoms with Crippen LogP contribution in [0.2, 0.25) is 0 Å². The number of nitrogens with one attached hydrogen (secondary N) is 2. The van der Waals surface area contributed by atoms with Crippen molar-refractivity contribution < 1.29 is 14.7 Å². The highest BCUT2D eigenvalue weighted by Crippen LogP contribution is 2.23. The van der Waals surface area contributed by atoms with Gasteiger partial charge in [0.05, 0.1) is 13.0 Å². The second kappa shape index (κ2) is 5.16. The number of carbonyl (C=O) groups excluding carboxylic acids is 2. The summed E-state index contributed by atoms with van der Waals surface area (Å²) in [6, 6.07) is 4.61. The molecule has 1 aromatic rings. The van der Waals surface area contributed by atoms with Crippen molar-refractivity contribution in [1.82, 2.24) is 5.32 Å². The van der Waals surface area contributed by atoms with E-state index in [2.05, 4.69) is 10.6 Å². The number of hydrogen-bond donors (Lipinski definition) is 4. The van der Waals surface area contributed by atoms with E-state index in [4.69, 9.17) is 10.8 Å². The van der Waals surface area contributed by atoms with E-state index in [9.17, 15) is 9.59 Å². The van der Waals surface area contributed by atoms with E-state index >= 15 is 0 Å². The third-order valence-electron chi connectivity index (χ3n) is 2.79. The van der Waals surface area contributed by atoms with Gasteiger partial charge in [-0.2, -0.15) is 0 Å². The van der Waals surface area contributed by atoms with Crippen molar-refractivity contribution in [3.8, 4) is 0 Å². The smallest absolute Gasteiger partial charge is 0.239 e. The van der Waals surface area contributed by atoms with Crippen LogP contribution in [0.25, 0.3) is 0 Å². The van der Waals surface area contributed by atoms with Gasteiger partial charge < -0.3 is 21.5 Å². The van der Waals surface area contributed by atoms with Crippen molar-refractivity contribution in [1.29, 1.82) is 0 Å². The van der Waals surface area contributed by atoms with Crippen LogP contribution in [0.1, 0.15) is 11.1 Å². The number of hydrogen-bond acceptors (Lipinski definition) is 4. The summed E-state index contributed by atoms with van der Waals surface area (Å²) in [6.45, 7) is -0.0531. The zero-order valence-electron chi connectivity index (χ0n) is 9.77. The number of rotatable bonds is 4. The highest BCUT2D eigenvalue weighted by molar-refractivity contribution is 5.99. The van der Waals surface area contributed by atoms with Crippen LogP contribution in [0.15, 0.2) is 18.2 Å². The average molecular weight is 249 g/mol. The number of anilines is 1. The summed E-state index contributed by atoms with van der Waals surface area (Å²) in [7, 11) is 0. The molecule has 1 unspecified atom stereocenters. The third-order valence-corrected chi connectivity index (χ3v) is 2.79. The van der Waals surface area contributed by atoms with Crippen LogP contribution in [0.3, 0.4) is 0 Å². The Morgan fingerprint density at radius 1 is 1.56 bits per heavy atom. The molecule has 5 N–H and O–H groups in total. The molecule has 0 saturated carbocycles. The number of nitrogens with two attached hydrogens (primary N) is 1. The van der Waals surface area contributed by atoms with Crippen molar-refractivity contribution in [3.63, 3.8) is 0 Å². The molecule has 0 aliphatic carbocycles. The van der Waals surface area contributed by atoms with Crippen LogP contribution in [0, 0.1) is 0 Å². The van der Waals surface area contributed by atoms with E-state index in [0.717, 1.165) is 16.8 Å². The highest BCUT2D eigenvalue weighted by Gasteiger charge is 2.17. The summed E-state index contributed by atoms with van der Waals surface area (Å²) in [5, 5.41) is 14.1. The van der Waals surface area contributed by atoms with Gasteiger partial charge in [0.25, 0.3) is 0 Å². The number of benzene rings is 1. The summed E-state index contributed by atoms with van der Waals surface area (Å²) in [6.07, 6.45) is 0.368. The van der Waals surface area contributed by atoms with Crippen molar-refractivity contribution in [2.45, 2.75) is 19.0 Å². The van der Waals surface area contributed by atoms with Crippen molar-refractivity contribution in [2.24, 2.45) is 5.73 Å². The highest BCUT2D eigenvalue weighted by atomic mass is 16.3. The molecule has 18 heavy (non-hydrogen) atoms. The molecule has 1 aliphatic rings. The number of aliphatic hydroxyl groups excluding tert-OH is 1. The Balaban J connectivity index is 1.97. The van der Waals surface area contributed by atoms with E-state index in [0.29, 0.717) is 13.0 Å². The number of aliphatic hydroxyl groups is 1. The monoisotopic (exact) mass is 249 g/mol. The maximum absolute atomic E-state index is 11.4. The lowest BCUT2D eigenvalue weighted by molar-refractivity contribution is -0.123. The molecule has 0 radical (unpaired) electrons. The van der Waals surface area contributed by atoms with Crippen LogP contribution in [-0.2, 0) is 22.6 Å². The largest absolute Gasteiger partial charge is 0.394 e. The van der Waals surface area contributed by atoms with Gasteiger partial charge in [-0.3, -0.25) is 9.59 Å². The summed E-state index contributed by atoms with van der Waals surface area (Å²) >= 11 is 0. The van der Waals surface area contributed by atoms with Crippen molar-refractivity contribution >= 4 is 17.5 Å². The molecule has 96 valence electrons. The second-order valence-electron chi connectivity index (χ2n) is 4.22. The van der Waals surface area contributed by atoms with Gasteiger partial charge in [0.1, 0.15) is 6.04 Å². The van der Waals surface area contributed by atoms with Gasteiger partial charge in [0.2, 0.25) is 11.8 Å². The maximum Gasteiger partial charge on any atom is 0.239 e. The molecule has 0 spiro atoms. The lowest BCUT2D eigenvalue weighted by atomic mass is 10.1. The molecule has 0 bridgehead atoms. The van der Waals surface area contributed by atoms with E-state index < -0.39 is 11.9 Å². The molecule has 6 nitrogen and oxygen atoms in total. The van der Waals surface area contributed by atoms with Crippen LogP contribution in [0.4, 0.5) is 5.69 Å². The van der Waals surface area contributed by atoms with Crippen LogP contribution < -0.4 is 16.4 Å². The van der Waals surface area contributed by atoms with Crippen molar-refractivity contribution in [3.05, 3.63) is 29.3 Å². The van der Waals surface area contributed by atoms with Crippen LogP contribution in [-0.4, -0.2) is 29.6 Å². The minimum absolute atomic E-state index is 0.0199. The van der Waals surface area contributed by atoms with Gasteiger partial charge in [0.15, 0.2) is 0 Å². The molecule has 2 amide bonds. The lowest BCUT2D eigenvalue weighted by Crippen LogP contribution is -2.42. The van der Waals surface area contributed by atoms with E-state index in [1.165, 1.54) is 0 Å². The molecular weight excluding hydrogens is 234 g/mol. The zero-order chi connectivity index (χ0) is 13.1. The molecule has 0 saturated heterocycles. The fourth-order valence-electron chi connectivity index (χ4n) is 1.80. The van der Waals surface area contributed by atoms with Gasteiger partial charge >= 0.3 is 0 Å². The molecule has 6 heteroatoms. The van der Waals surface area contributed by atoms with Gasteiger partial charge in [-0.1, -0.05) is 12.1 Å². The first kappa shape index (κ1) is 12.5. The zero-order valence-corrected chi connectivity index (χ0v) is 9.77. The number of carbonyl (C=O) groups is 2. The normalized spacial score (nSPS) is 14.9. The Kier molecular flexibility index (Phi) is 3.59. The maximum atomic E-state index is 11.4. The topological polar surface area (TPSA) is 104 Å². The van der Waals surface area contributed by atoms with Gasteiger partial charge in [-0.05, 0) is 17.2 Å². The Morgan fingerprint density at radius 2 is 2.33 bits per heavy atom. The van der Waals surface area contributed by atoms with Crippen LogP contribution >= 0.6 is 0 Å². The fourth-order valence-corrected chi connectivity index (χ4v) is 1.80. The lowest BCUT2D eigenvalue weighted by Gasteiger charge is -2.10. The van der Waals surface area contributed by atoms with E-state index in [-0.39, 0.29) is 12.5 Å². The molecule has 0 fully saturated rings. The SMILES string of the molecule is NC(CO)C(=O)NCc1ccc2c(c1)CC(=O)N2. The first-order valence-corrected chi connectivity index (χ1v) is 5.66. The molecule has 1 aliphatic heterocycles. The standard InChI is InChI=1S/C12H15N3O3/c13-9(6-16)12(18)14-5-7-1-2-10-8(3-7)4-11(17)15-10/h1-3,9,16H,4-6,13H2,(H,14,18)(H,15,17). The predicted molar refractivity (Wildman–Crippen MR) is 65.7 cm³/mol. The summed E-state index contributed by atoms with van der Waals surface area (Å²) in [5.41, 5.74) is 8.01. The van der Waals surface area contributed by atoms with Crippen LogP contribution in [0.5, 0.6) is 0 Å². The third kappa shape index (κ3) is 2.66. The van der Waals surface area contributed by atoms with Gasteiger partial charge in [-0.15, -0.1) is 0 Å². The molecule has 1 aromatic carbocycles. The number of amides is 2. The molecular formula is C12H15N3O3. The molecule has 1 atom stereocenters. The Morgan fingerprint density at radius 3 is 3.06 bits per heavy atom. The summed E-state index contributed by atoms with van der Waals surface area (Å²) in [5.74, 6) is -0.416. The van der Waals surface area contributed by atoms with E-state index in [1.807, 2.05) is 18.2 Å². The Hall–Kier alpha value is -1.92. The Labute approximate surface area is 104 Å². The molecule has 2 rings (SSSR count). The van der Waals surface area contributed by atoms with Gasteiger partial charge in [-0.25, -0.2) is 0 Å². The summed E-state index contributed by atoms with van der Waals surface area (Å²) < 4.78 is 0.